The van der Waals surface area contributed by atoms with Gasteiger partial charge in [-0.3, -0.25) is 19.9 Å². The lowest BCUT2D eigenvalue weighted by atomic mass is 9.92. The summed E-state index contributed by atoms with van der Waals surface area (Å²) in [6, 6.07) is 11.3. The molecule has 0 atom stereocenters. The fourth-order valence-electron chi connectivity index (χ4n) is 4.44. The van der Waals surface area contributed by atoms with Crippen LogP contribution in [0.15, 0.2) is 59.4 Å². The maximum Gasteiger partial charge on any atom is 0.261 e. The van der Waals surface area contributed by atoms with Crippen LogP contribution in [0, 0.1) is 0 Å². The smallest absolute Gasteiger partial charge is 0.261 e. The van der Waals surface area contributed by atoms with E-state index in [1.54, 1.807) is 24.4 Å². The number of benzene rings is 2. The molecule has 0 aliphatic carbocycles. The molecular weight excluding hydrogens is 382 g/mol. The van der Waals surface area contributed by atoms with Crippen LogP contribution in [0.4, 0.5) is 5.69 Å². The number of amides is 2. The molecule has 7 nitrogen and oxygen atoms in total. The molecular formula is C23H17N3O4. The van der Waals surface area contributed by atoms with Crippen molar-refractivity contribution in [1.82, 2.24) is 5.32 Å². The van der Waals surface area contributed by atoms with E-state index in [0.717, 1.165) is 24.2 Å². The summed E-state index contributed by atoms with van der Waals surface area (Å²) in [6.07, 6.45) is 4.54. The maximum absolute atomic E-state index is 12.9. The molecule has 0 saturated carbocycles. The third-order valence-corrected chi connectivity index (χ3v) is 5.73. The van der Waals surface area contributed by atoms with Gasteiger partial charge in [-0.2, -0.15) is 0 Å². The van der Waals surface area contributed by atoms with Crippen molar-refractivity contribution in [3.8, 4) is 11.5 Å². The molecule has 4 aliphatic rings. The van der Waals surface area contributed by atoms with E-state index in [4.69, 9.17) is 9.47 Å². The molecule has 2 aromatic carbocycles. The number of ether oxygens (including phenoxy) is 2. The van der Waals surface area contributed by atoms with Crippen molar-refractivity contribution in [2.45, 2.75) is 6.42 Å². The van der Waals surface area contributed by atoms with Gasteiger partial charge in [0, 0.05) is 24.5 Å². The summed E-state index contributed by atoms with van der Waals surface area (Å²) >= 11 is 0. The standard InChI is InChI=1S/C23H17N3O4/c27-22-18(14-4-5-16-17(12-14)30-11-10-29-16)19(23(28)25-22)20-15-3-1-2-13-6-8-26(21(13)15)9-7-24-20/h1-5,7,9,12H,6,8,10-11H2,(H,25,27,28). The molecule has 0 radical (unpaired) electrons. The zero-order valence-electron chi connectivity index (χ0n) is 16.0. The highest BCUT2D eigenvalue weighted by molar-refractivity contribution is 6.47. The van der Waals surface area contributed by atoms with Gasteiger partial charge >= 0.3 is 0 Å². The summed E-state index contributed by atoms with van der Waals surface area (Å²) in [5.41, 5.74) is 4.78. The first-order valence-corrected chi connectivity index (χ1v) is 9.84. The van der Waals surface area contributed by atoms with Crippen LogP contribution >= 0.6 is 0 Å². The average molecular weight is 399 g/mol. The summed E-state index contributed by atoms with van der Waals surface area (Å²) in [7, 11) is 0. The number of carbonyl (C=O) groups excluding carboxylic acids is 2. The van der Waals surface area contributed by atoms with Crippen LogP contribution in [0.5, 0.6) is 11.5 Å². The van der Waals surface area contributed by atoms with Crippen LogP contribution in [0.25, 0.3) is 5.57 Å². The fourth-order valence-corrected chi connectivity index (χ4v) is 4.44. The van der Waals surface area contributed by atoms with E-state index in [-0.39, 0.29) is 5.57 Å². The van der Waals surface area contributed by atoms with E-state index in [0.29, 0.717) is 41.6 Å². The van der Waals surface area contributed by atoms with Gasteiger partial charge in [0.2, 0.25) is 0 Å². The Bertz CT molecular complexity index is 1220. The summed E-state index contributed by atoms with van der Waals surface area (Å²) < 4.78 is 11.2. The minimum Gasteiger partial charge on any atom is -0.486 e. The summed E-state index contributed by atoms with van der Waals surface area (Å²) in [5.74, 6) is 0.309. The van der Waals surface area contributed by atoms with Crippen LogP contribution in [-0.4, -0.2) is 37.3 Å². The average Bonchev–Trinajstić information content (AvgIpc) is 3.24. The van der Waals surface area contributed by atoms with Gasteiger partial charge in [-0.25, -0.2) is 0 Å². The molecule has 1 N–H and O–H groups in total. The van der Waals surface area contributed by atoms with Crippen LogP contribution in [-0.2, 0) is 16.0 Å². The molecule has 0 aromatic heterocycles. The Hall–Kier alpha value is -3.87. The van der Waals surface area contributed by atoms with Crippen molar-refractivity contribution < 1.29 is 19.1 Å². The van der Waals surface area contributed by atoms with Crippen LogP contribution < -0.4 is 19.7 Å². The van der Waals surface area contributed by atoms with Crippen molar-refractivity contribution in [1.29, 1.82) is 0 Å². The fraction of sp³-hybridized carbons (Fsp3) is 0.174. The Balaban J connectivity index is 1.56. The second kappa shape index (κ2) is 6.32. The van der Waals surface area contributed by atoms with Gasteiger partial charge in [0.05, 0.1) is 22.5 Å². The van der Waals surface area contributed by atoms with Crippen molar-refractivity contribution in [2.24, 2.45) is 4.99 Å². The van der Waals surface area contributed by atoms with E-state index < -0.39 is 11.8 Å². The van der Waals surface area contributed by atoms with Gasteiger partial charge in [-0.15, -0.1) is 0 Å². The predicted octanol–water partition coefficient (Wildman–Crippen LogP) is 2.20. The van der Waals surface area contributed by atoms with Crippen molar-refractivity contribution >= 4 is 28.8 Å². The quantitative estimate of drug-likeness (QED) is 0.784. The molecule has 0 spiro atoms. The number of imide groups is 1. The third-order valence-electron chi connectivity index (χ3n) is 5.73. The highest BCUT2D eigenvalue weighted by Gasteiger charge is 2.37. The van der Waals surface area contributed by atoms with E-state index >= 15 is 0 Å². The van der Waals surface area contributed by atoms with E-state index in [9.17, 15) is 9.59 Å². The van der Waals surface area contributed by atoms with Gasteiger partial charge in [-0.05, 0) is 29.7 Å². The molecule has 30 heavy (non-hydrogen) atoms. The number of hydrogen-bond donors (Lipinski definition) is 1. The second-order valence-electron chi connectivity index (χ2n) is 7.42. The third kappa shape index (κ3) is 2.41. The minimum absolute atomic E-state index is 0.281. The van der Waals surface area contributed by atoms with Gasteiger partial charge in [0.1, 0.15) is 13.2 Å². The zero-order chi connectivity index (χ0) is 20.2. The number of aliphatic imine (C=N–C) groups is 1. The number of fused-ring (bicyclic) bond motifs is 1. The number of carbonyl (C=O) groups is 2. The van der Waals surface area contributed by atoms with Crippen LogP contribution in [0.3, 0.4) is 0 Å². The molecule has 0 saturated heterocycles. The maximum atomic E-state index is 12.9. The Labute approximate surface area is 172 Å². The number of hydrogen-bond acceptors (Lipinski definition) is 6. The first-order valence-electron chi connectivity index (χ1n) is 9.84. The van der Waals surface area contributed by atoms with E-state index in [1.807, 2.05) is 18.3 Å². The number of rotatable bonds is 2. The Morgan fingerprint density at radius 3 is 2.70 bits per heavy atom. The van der Waals surface area contributed by atoms with Crippen molar-refractivity contribution in [2.75, 3.05) is 24.7 Å². The lowest BCUT2D eigenvalue weighted by molar-refractivity contribution is -0.123. The Morgan fingerprint density at radius 2 is 1.80 bits per heavy atom. The molecule has 6 rings (SSSR count). The molecule has 148 valence electrons. The largest absolute Gasteiger partial charge is 0.486 e. The topological polar surface area (TPSA) is 80.2 Å². The van der Waals surface area contributed by atoms with Gasteiger partial charge < -0.3 is 14.4 Å². The molecule has 2 aromatic rings. The van der Waals surface area contributed by atoms with Crippen LogP contribution in [0.1, 0.15) is 16.7 Å². The summed E-state index contributed by atoms with van der Waals surface area (Å²) in [4.78, 5) is 32.4. The molecule has 0 bridgehead atoms. The van der Waals surface area contributed by atoms with Crippen molar-refractivity contribution in [3.05, 3.63) is 71.1 Å². The second-order valence-corrected chi connectivity index (χ2v) is 7.42. The van der Waals surface area contributed by atoms with Crippen LogP contribution in [0.2, 0.25) is 0 Å². The molecule has 0 unspecified atom stereocenters. The van der Waals surface area contributed by atoms with E-state index in [1.165, 1.54) is 5.56 Å². The number of anilines is 1. The summed E-state index contributed by atoms with van der Waals surface area (Å²) in [6.45, 7) is 1.79. The summed E-state index contributed by atoms with van der Waals surface area (Å²) in [5, 5.41) is 2.44. The first kappa shape index (κ1) is 17.0. The molecule has 4 heterocycles. The van der Waals surface area contributed by atoms with Gasteiger partial charge in [0.15, 0.2) is 11.5 Å². The van der Waals surface area contributed by atoms with Crippen molar-refractivity contribution in [3.63, 3.8) is 0 Å². The van der Waals surface area contributed by atoms with Gasteiger partial charge in [-0.1, -0.05) is 24.3 Å². The Morgan fingerprint density at radius 1 is 0.967 bits per heavy atom. The lowest BCUT2D eigenvalue weighted by Crippen LogP contribution is -2.25. The predicted molar refractivity (Wildman–Crippen MR) is 111 cm³/mol. The molecule has 7 heteroatoms. The minimum atomic E-state index is -0.443. The van der Waals surface area contributed by atoms with E-state index in [2.05, 4.69) is 21.3 Å². The normalized spacial score (nSPS) is 18.9. The monoisotopic (exact) mass is 399 g/mol. The van der Waals surface area contributed by atoms with Gasteiger partial charge in [0.25, 0.3) is 11.8 Å². The molecule has 2 amide bonds. The zero-order valence-corrected chi connectivity index (χ0v) is 16.0. The SMILES string of the molecule is O=C1NC(=O)C(c2ccc3c(c2)OCCO3)=C1C1=NC=CN2CCc3cccc1c32. The highest BCUT2D eigenvalue weighted by atomic mass is 16.6. The highest BCUT2D eigenvalue weighted by Crippen LogP contribution is 2.39. The molecule has 0 fully saturated rings. The lowest BCUT2D eigenvalue weighted by Gasteiger charge is -2.19. The number of nitrogens with zero attached hydrogens (tertiary/aromatic N) is 2. The Kier molecular flexibility index (Phi) is 3.59. The number of nitrogens with one attached hydrogen (secondary N) is 1. The number of para-hydroxylation sites is 1. The first-order chi connectivity index (χ1) is 14.7. The molecule has 4 aliphatic heterocycles.